The molecule has 3 aromatic rings. The number of aryl methyl sites for hydroxylation is 1. The normalized spacial score (nSPS) is 10.8. The smallest absolute Gasteiger partial charge is 0.222 e. The number of nitrogens with zero attached hydrogens (tertiary/aromatic N) is 1. The average molecular weight is 391 g/mol. The molecular formula is C17H11FINO. The summed E-state index contributed by atoms with van der Waals surface area (Å²) in [6.07, 6.45) is 1.80. The van der Waals surface area contributed by atoms with E-state index < -0.39 is 0 Å². The summed E-state index contributed by atoms with van der Waals surface area (Å²) < 4.78 is 13.1. The third-order valence-corrected chi connectivity index (χ3v) is 4.04. The molecule has 1 heterocycles. The first-order valence-electron chi connectivity index (χ1n) is 6.41. The van der Waals surface area contributed by atoms with Crippen molar-refractivity contribution in [3.8, 4) is 11.1 Å². The van der Waals surface area contributed by atoms with Crippen LogP contribution in [0.3, 0.4) is 0 Å². The van der Waals surface area contributed by atoms with Gasteiger partial charge < -0.3 is 0 Å². The lowest BCUT2D eigenvalue weighted by molar-refractivity contribution is 0.110. The average Bonchev–Trinajstić information content (AvgIpc) is 2.48. The summed E-state index contributed by atoms with van der Waals surface area (Å²) >= 11 is 1.77. The van der Waals surface area contributed by atoms with Crippen LogP contribution in [0.4, 0.5) is 4.39 Å². The Morgan fingerprint density at radius 2 is 1.86 bits per heavy atom. The Morgan fingerprint density at radius 3 is 2.52 bits per heavy atom. The lowest BCUT2D eigenvalue weighted by Gasteiger charge is -2.11. The Balaban J connectivity index is 2.33. The molecule has 104 valence electrons. The van der Waals surface area contributed by atoms with Gasteiger partial charge in [0, 0.05) is 39.7 Å². The van der Waals surface area contributed by atoms with Gasteiger partial charge in [-0.2, -0.15) is 0 Å². The van der Waals surface area contributed by atoms with Crippen molar-refractivity contribution in [3.63, 3.8) is 0 Å². The van der Waals surface area contributed by atoms with Gasteiger partial charge in [0.1, 0.15) is 5.82 Å². The van der Waals surface area contributed by atoms with Crippen molar-refractivity contribution < 1.29 is 9.18 Å². The summed E-state index contributed by atoms with van der Waals surface area (Å²) in [5.74, 6) is -0.266. The highest BCUT2D eigenvalue weighted by Gasteiger charge is 2.11. The zero-order valence-electron chi connectivity index (χ0n) is 11.2. The molecule has 0 bridgehead atoms. The Morgan fingerprint density at radius 1 is 1.14 bits per heavy atom. The van der Waals surface area contributed by atoms with Gasteiger partial charge in [-0.15, -0.1) is 0 Å². The minimum atomic E-state index is -0.266. The minimum Gasteiger partial charge on any atom is -0.282 e. The first-order chi connectivity index (χ1) is 10.1. The van der Waals surface area contributed by atoms with Crippen molar-refractivity contribution in [3.05, 3.63) is 65.6 Å². The highest BCUT2D eigenvalue weighted by molar-refractivity contribution is 14.1. The van der Waals surface area contributed by atoms with Crippen LogP contribution in [0.15, 0.2) is 48.7 Å². The second-order valence-corrected chi connectivity index (χ2v) is 5.81. The van der Waals surface area contributed by atoms with E-state index in [2.05, 4.69) is 4.98 Å². The van der Waals surface area contributed by atoms with Crippen LogP contribution < -0.4 is 0 Å². The molecule has 4 heteroatoms. The van der Waals surface area contributed by atoms with Crippen LogP contribution in [-0.4, -0.2) is 8.77 Å². The highest BCUT2D eigenvalue weighted by Crippen LogP contribution is 2.31. The van der Waals surface area contributed by atoms with Crippen LogP contribution in [0.2, 0.25) is 0 Å². The van der Waals surface area contributed by atoms with Crippen molar-refractivity contribution in [2.45, 2.75) is 6.92 Å². The molecule has 0 spiro atoms. The summed E-state index contributed by atoms with van der Waals surface area (Å²) in [4.78, 5) is 16.0. The maximum Gasteiger partial charge on any atom is 0.222 e. The molecule has 0 saturated carbocycles. The lowest BCUT2D eigenvalue weighted by atomic mass is 9.96. The largest absolute Gasteiger partial charge is 0.282 e. The van der Waals surface area contributed by atoms with Gasteiger partial charge in [-0.3, -0.25) is 9.78 Å². The maximum atomic E-state index is 13.1. The molecule has 2 nitrogen and oxygen atoms in total. The molecule has 3 rings (SSSR count). The molecule has 2 aromatic carbocycles. The van der Waals surface area contributed by atoms with E-state index in [4.69, 9.17) is 0 Å². The number of rotatable bonds is 2. The van der Waals surface area contributed by atoms with Crippen LogP contribution >= 0.6 is 22.6 Å². The molecule has 0 aliphatic heterocycles. The zero-order chi connectivity index (χ0) is 15.0. The molecule has 0 saturated heterocycles. The number of halogens is 2. The van der Waals surface area contributed by atoms with Gasteiger partial charge in [-0.05, 0) is 53.9 Å². The predicted molar refractivity (Wildman–Crippen MR) is 90.2 cm³/mol. The van der Waals surface area contributed by atoms with E-state index in [9.17, 15) is 9.18 Å². The third kappa shape index (κ3) is 2.68. The number of aromatic nitrogens is 1. The first kappa shape index (κ1) is 14.1. The number of hydrogen-bond donors (Lipinski definition) is 0. The molecule has 0 unspecified atom stereocenters. The van der Waals surface area contributed by atoms with Gasteiger partial charge in [0.15, 0.2) is 0 Å². The number of fused-ring (bicyclic) bond motifs is 1. The summed E-state index contributed by atoms with van der Waals surface area (Å²) in [5.41, 5.74) is 4.35. The van der Waals surface area contributed by atoms with Crippen LogP contribution in [0.1, 0.15) is 15.9 Å². The Kier molecular flexibility index (Phi) is 3.71. The fourth-order valence-electron chi connectivity index (χ4n) is 2.41. The summed E-state index contributed by atoms with van der Waals surface area (Å²) in [7, 11) is 0. The molecule has 1 aromatic heterocycles. The van der Waals surface area contributed by atoms with Gasteiger partial charge in [0.25, 0.3) is 0 Å². The van der Waals surface area contributed by atoms with Gasteiger partial charge in [-0.1, -0.05) is 12.1 Å². The number of carbonyl (C=O) groups is 1. The van der Waals surface area contributed by atoms with Crippen LogP contribution in [0.5, 0.6) is 0 Å². The van der Waals surface area contributed by atoms with Crippen LogP contribution in [0.25, 0.3) is 22.0 Å². The molecule has 0 fully saturated rings. The quantitative estimate of drug-likeness (QED) is 0.458. The molecule has 21 heavy (non-hydrogen) atoms. The zero-order valence-corrected chi connectivity index (χ0v) is 13.4. The van der Waals surface area contributed by atoms with Crippen molar-refractivity contribution in [1.29, 1.82) is 0 Å². The van der Waals surface area contributed by atoms with Crippen LogP contribution in [-0.2, 0) is 0 Å². The molecule has 0 atom stereocenters. The van der Waals surface area contributed by atoms with E-state index in [-0.39, 0.29) is 9.61 Å². The van der Waals surface area contributed by atoms with Gasteiger partial charge in [-0.25, -0.2) is 4.39 Å². The second-order valence-electron chi connectivity index (χ2n) is 4.83. The van der Waals surface area contributed by atoms with E-state index in [0.29, 0.717) is 5.56 Å². The summed E-state index contributed by atoms with van der Waals surface area (Å²) in [6.45, 7) is 1.96. The van der Waals surface area contributed by atoms with Crippen molar-refractivity contribution in [2.75, 3.05) is 0 Å². The topological polar surface area (TPSA) is 30.0 Å². The maximum absolute atomic E-state index is 13.1. The molecule has 0 N–H and O–H groups in total. The van der Waals surface area contributed by atoms with E-state index in [0.717, 1.165) is 27.6 Å². The Hall–Kier alpha value is -1.82. The van der Waals surface area contributed by atoms with Crippen molar-refractivity contribution in [2.24, 2.45) is 0 Å². The lowest BCUT2D eigenvalue weighted by Crippen LogP contribution is -1.93. The van der Waals surface area contributed by atoms with Gasteiger partial charge in [0.2, 0.25) is 3.79 Å². The van der Waals surface area contributed by atoms with Crippen LogP contribution in [0, 0.1) is 12.7 Å². The monoisotopic (exact) mass is 391 g/mol. The highest BCUT2D eigenvalue weighted by atomic mass is 127. The second kappa shape index (κ2) is 5.52. The SMILES string of the molecule is Cc1cnc2ccc(C(=O)I)cc2c1-c1ccc(F)cc1. The summed E-state index contributed by atoms with van der Waals surface area (Å²) in [6, 6.07) is 11.8. The molecule has 0 radical (unpaired) electrons. The van der Waals surface area contributed by atoms with Gasteiger partial charge in [0.05, 0.1) is 5.52 Å². The standard InChI is InChI=1S/C17H11FINO/c1-10-9-20-15-7-4-12(17(19)21)8-14(15)16(10)11-2-5-13(18)6-3-11/h2-9H,1H3. The van der Waals surface area contributed by atoms with E-state index in [1.807, 2.05) is 19.1 Å². The Labute approximate surface area is 135 Å². The minimum absolute atomic E-state index is 0.0129. The fourth-order valence-corrected chi connectivity index (χ4v) is 2.75. The number of carbonyl (C=O) groups excluding carboxylic acids is 1. The first-order valence-corrected chi connectivity index (χ1v) is 7.49. The number of hydrogen-bond acceptors (Lipinski definition) is 2. The van der Waals surface area contributed by atoms with Crippen molar-refractivity contribution >= 4 is 37.3 Å². The molecule has 0 aliphatic carbocycles. The molecular weight excluding hydrogens is 380 g/mol. The van der Waals surface area contributed by atoms with E-state index in [1.54, 1.807) is 47.0 Å². The molecule has 0 amide bonds. The molecule has 0 aliphatic rings. The third-order valence-electron chi connectivity index (χ3n) is 3.42. The van der Waals surface area contributed by atoms with E-state index in [1.165, 1.54) is 12.1 Å². The van der Waals surface area contributed by atoms with Gasteiger partial charge >= 0.3 is 0 Å². The Bertz CT molecular complexity index is 843. The number of benzene rings is 2. The fraction of sp³-hybridized carbons (Fsp3) is 0.0588. The predicted octanol–water partition coefficient (Wildman–Crippen LogP) is 4.92. The number of pyridine rings is 1. The van der Waals surface area contributed by atoms with E-state index >= 15 is 0 Å². The summed E-state index contributed by atoms with van der Waals surface area (Å²) in [5, 5.41) is 0.907. The van der Waals surface area contributed by atoms with Crippen molar-refractivity contribution in [1.82, 2.24) is 4.98 Å².